The molecule has 1 saturated heterocycles. The molecule has 0 aliphatic carbocycles. The predicted octanol–water partition coefficient (Wildman–Crippen LogP) is 1.89. The summed E-state index contributed by atoms with van der Waals surface area (Å²) in [5, 5.41) is 5.75. The van der Waals surface area contributed by atoms with Crippen molar-refractivity contribution in [3.8, 4) is 0 Å². The third kappa shape index (κ3) is 4.63. The van der Waals surface area contributed by atoms with Gasteiger partial charge in [0.15, 0.2) is 0 Å². The highest BCUT2D eigenvalue weighted by molar-refractivity contribution is 9.10. The van der Waals surface area contributed by atoms with Gasteiger partial charge >= 0.3 is 0 Å². The normalized spacial score (nSPS) is 21.7. The first-order chi connectivity index (χ1) is 8.63. The van der Waals surface area contributed by atoms with Crippen molar-refractivity contribution in [2.75, 3.05) is 46.8 Å². The molecule has 1 aromatic heterocycles. The van der Waals surface area contributed by atoms with Gasteiger partial charge in [0.25, 0.3) is 0 Å². The van der Waals surface area contributed by atoms with Crippen LogP contribution in [0.5, 0.6) is 0 Å². The second-order valence-electron chi connectivity index (χ2n) is 5.16. The van der Waals surface area contributed by atoms with Crippen molar-refractivity contribution in [2.24, 2.45) is 0 Å². The molecular weight excluding hydrogens is 310 g/mol. The Labute approximate surface area is 122 Å². The van der Waals surface area contributed by atoms with Crippen molar-refractivity contribution in [1.82, 2.24) is 15.1 Å². The number of likely N-dealkylation sites (N-methyl/N-ethyl adjacent to an activating group) is 2. The summed E-state index contributed by atoms with van der Waals surface area (Å²) >= 11 is 5.35. The molecule has 0 radical (unpaired) electrons. The number of hydrogen-bond donors (Lipinski definition) is 1. The highest BCUT2D eigenvalue weighted by Gasteiger charge is 2.17. The number of halogens is 1. The average Bonchev–Trinajstić information content (AvgIpc) is 2.73. The van der Waals surface area contributed by atoms with Crippen LogP contribution in [0.3, 0.4) is 0 Å². The summed E-state index contributed by atoms with van der Waals surface area (Å²) in [7, 11) is 4.43. The van der Waals surface area contributed by atoms with Gasteiger partial charge in [-0.05, 0) is 42.5 Å². The largest absolute Gasteiger partial charge is 0.310 e. The van der Waals surface area contributed by atoms with E-state index in [4.69, 9.17) is 0 Å². The quantitative estimate of drug-likeness (QED) is 0.888. The molecule has 3 nitrogen and oxygen atoms in total. The van der Waals surface area contributed by atoms with Crippen LogP contribution >= 0.6 is 27.3 Å². The number of thiophene rings is 1. The molecule has 0 saturated carbocycles. The Morgan fingerprint density at radius 2 is 2.44 bits per heavy atom. The SMILES string of the molecule is CN1CCNC(CN(C)CCc2cc(Br)cs2)C1. The van der Waals surface area contributed by atoms with Crippen LogP contribution in [-0.2, 0) is 6.42 Å². The maximum absolute atomic E-state index is 3.59. The summed E-state index contributed by atoms with van der Waals surface area (Å²) in [6.07, 6.45) is 1.15. The smallest absolute Gasteiger partial charge is 0.0322 e. The van der Waals surface area contributed by atoms with E-state index in [1.54, 1.807) is 0 Å². The third-order valence-electron chi connectivity index (χ3n) is 3.35. The molecule has 1 unspecified atom stereocenters. The maximum atomic E-state index is 3.59. The second kappa shape index (κ2) is 7.01. The summed E-state index contributed by atoms with van der Waals surface area (Å²) in [5.74, 6) is 0. The van der Waals surface area contributed by atoms with Gasteiger partial charge in [-0.15, -0.1) is 11.3 Å². The van der Waals surface area contributed by atoms with Crippen molar-refractivity contribution >= 4 is 27.3 Å². The molecule has 0 bridgehead atoms. The molecule has 1 atom stereocenters. The Hall–Kier alpha value is 0.0600. The number of rotatable bonds is 5. The van der Waals surface area contributed by atoms with E-state index in [0.717, 1.165) is 32.6 Å². The molecule has 1 fully saturated rings. The molecule has 0 spiro atoms. The van der Waals surface area contributed by atoms with E-state index in [-0.39, 0.29) is 0 Å². The lowest BCUT2D eigenvalue weighted by Gasteiger charge is -2.33. The Bertz CT molecular complexity index is 369. The van der Waals surface area contributed by atoms with Gasteiger partial charge in [0.05, 0.1) is 0 Å². The van der Waals surface area contributed by atoms with Crippen molar-refractivity contribution in [1.29, 1.82) is 0 Å². The Morgan fingerprint density at radius 1 is 1.61 bits per heavy atom. The minimum atomic E-state index is 0.615. The van der Waals surface area contributed by atoms with Gasteiger partial charge in [0.1, 0.15) is 0 Å². The van der Waals surface area contributed by atoms with Crippen LogP contribution in [0.15, 0.2) is 15.9 Å². The first-order valence-electron chi connectivity index (χ1n) is 6.47. The molecule has 2 heterocycles. The molecule has 18 heavy (non-hydrogen) atoms. The van der Waals surface area contributed by atoms with E-state index in [2.05, 4.69) is 56.6 Å². The van der Waals surface area contributed by atoms with E-state index in [9.17, 15) is 0 Å². The lowest BCUT2D eigenvalue weighted by molar-refractivity contribution is 0.196. The van der Waals surface area contributed by atoms with Gasteiger partial charge in [0, 0.05) is 53.5 Å². The highest BCUT2D eigenvalue weighted by atomic mass is 79.9. The Balaban J connectivity index is 1.69. The summed E-state index contributed by atoms with van der Waals surface area (Å²) in [6, 6.07) is 2.84. The van der Waals surface area contributed by atoms with Crippen LogP contribution in [0, 0.1) is 0 Å². The summed E-state index contributed by atoms with van der Waals surface area (Å²) in [5.41, 5.74) is 0. The van der Waals surface area contributed by atoms with Crippen molar-refractivity contribution in [3.05, 3.63) is 20.8 Å². The van der Waals surface area contributed by atoms with Gasteiger partial charge in [-0.2, -0.15) is 0 Å². The first kappa shape index (κ1) is 14.5. The number of nitrogens with one attached hydrogen (secondary N) is 1. The van der Waals surface area contributed by atoms with Gasteiger partial charge in [-0.25, -0.2) is 0 Å². The maximum Gasteiger partial charge on any atom is 0.0322 e. The lowest BCUT2D eigenvalue weighted by Crippen LogP contribution is -2.53. The van der Waals surface area contributed by atoms with Crippen LogP contribution in [0.2, 0.25) is 0 Å². The fraction of sp³-hybridized carbons (Fsp3) is 0.692. The minimum absolute atomic E-state index is 0.615. The van der Waals surface area contributed by atoms with Crippen LogP contribution < -0.4 is 5.32 Å². The van der Waals surface area contributed by atoms with Crippen LogP contribution in [0.4, 0.5) is 0 Å². The molecule has 1 aromatic rings. The number of nitrogens with zero attached hydrogens (tertiary/aromatic N) is 2. The summed E-state index contributed by atoms with van der Waals surface area (Å²) < 4.78 is 1.21. The van der Waals surface area contributed by atoms with Gasteiger partial charge in [-0.1, -0.05) is 0 Å². The minimum Gasteiger partial charge on any atom is -0.310 e. The molecule has 1 aliphatic heterocycles. The fourth-order valence-electron chi connectivity index (χ4n) is 2.37. The molecule has 1 aliphatic rings. The number of piperazine rings is 1. The van der Waals surface area contributed by atoms with E-state index in [1.807, 2.05) is 11.3 Å². The van der Waals surface area contributed by atoms with Gasteiger partial charge in [0.2, 0.25) is 0 Å². The second-order valence-corrected chi connectivity index (χ2v) is 7.07. The van der Waals surface area contributed by atoms with Crippen LogP contribution in [0.25, 0.3) is 0 Å². The van der Waals surface area contributed by atoms with E-state index in [0.29, 0.717) is 6.04 Å². The number of hydrogen-bond acceptors (Lipinski definition) is 4. The van der Waals surface area contributed by atoms with E-state index in [1.165, 1.54) is 15.9 Å². The van der Waals surface area contributed by atoms with Crippen molar-refractivity contribution in [3.63, 3.8) is 0 Å². The third-order valence-corrected chi connectivity index (χ3v) is 5.11. The molecule has 2 rings (SSSR count). The zero-order chi connectivity index (χ0) is 13.0. The molecule has 0 amide bonds. The molecular formula is C13H22BrN3S. The van der Waals surface area contributed by atoms with Crippen LogP contribution in [0.1, 0.15) is 4.88 Å². The van der Waals surface area contributed by atoms with Crippen molar-refractivity contribution in [2.45, 2.75) is 12.5 Å². The van der Waals surface area contributed by atoms with Crippen LogP contribution in [-0.4, -0.2) is 62.7 Å². The van der Waals surface area contributed by atoms with Crippen molar-refractivity contribution < 1.29 is 0 Å². The summed E-state index contributed by atoms with van der Waals surface area (Å²) in [6.45, 7) is 5.72. The predicted molar refractivity (Wildman–Crippen MR) is 82.5 cm³/mol. The zero-order valence-corrected chi connectivity index (χ0v) is 13.6. The van der Waals surface area contributed by atoms with Gasteiger partial charge < -0.3 is 15.1 Å². The molecule has 0 aromatic carbocycles. The monoisotopic (exact) mass is 331 g/mol. The van der Waals surface area contributed by atoms with E-state index < -0.39 is 0 Å². The molecule has 5 heteroatoms. The average molecular weight is 332 g/mol. The Morgan fingerprint density at radius 3 is 3.11 bits per heavy atom. The Kier molecular flexibility index (Phi) is 5.63. The topological polar surface area (TPSA) is 18.5 Å². The first-order valence-corrected chi connectivity index (χ1v) is 8.14. The summed E-state index contributed by atoms with van der Waals surface area (Å²) in [4.78, 5) is 6.30. The van der Waals surface area contributed by atoms with Gasteiger partial charge in [-0.3, -0.25) is 0 Å². The highest BCUT2D eigenvalue weighted by Crippen LogP contribution is 2.20. The fourth-order valence-corrected chi connectivity index (χ4v) is 3.81. The molecule has 102 valence electrons. The molecule has 1 N–H and O–H groups in total. The standard InChI is InChI=1S/C13H22BrN3S/c1-16(5-3-13-7-11(14)10-18-13)8-12-9-17(2)6-4-15-12/h7,10,12,15H,3-6,8-9H2,1-2H3. The van der Waals surface area contributed by atoms with E-state index >= 15 is 0 Å². The lowest BCUT2D eigenvalue weighted by atomic mass is 10.2. The zero-order valence-electron chi connectivity index (χ0n) is 11.2.